The molecule has 2 rings (SSSR count). The van der Waals surface area contributed by atoms with E-state index < -0.39 is 0 Å². The topological polar surface area (TPSA) is 47.3 Å². The van der Waals surface area contributed by atoms with Gasteiger partial charge in [-0.2, -0.15) is 5.10 Å². The summed E-state index contributed by atoms with van der Waals surface area (Å²) in [7, 11) is 1.95. The molecule has 1 saturated heterocycles. The van der Waals surface area contributed by atoms with E-state index in [4.69, 9.17) is 9.84 Å². The van der Waals surface area contributed by atoms with Gasteiger partial charge in [-0.1, -0.05) is 0 Å². The predicted octanol–water partition coefficient (Wildman–Crippen LogP) is 0.784. The van der Waals surface area contributed by atoms with Crippen LogP contribution in [0.15, 0.2) is 0 Å². The van der Waals surface area contributed by atoms with Gasteiger partial charge in [0.05, 0.1) is 18.4 Å². The van der Waals surface area contributed by atoms with Crippen LogP contribution < -0.4 is 0 Å². The lowest BCUT2D eigenvalue weighted by molar-refractivity contribution is -0.0259. The summed E-state index contributed by atoms with van der Waals surface area (Å²) in [6, 6.07) is 3.27. The monoisotopic (exact) mass is 209 g/mol. The van der Waals surface area contributed by atoms with Gasteiger partial charge in [0, 0.05) is 31.3 Å². The zero-order valence-electron chi connectivity index (χ0n) is 9.23. The van der Waals surface area contributed by atoms with Gasteiger partial charge in [0.1, 0.15) is 0 Å². The van der Waals surface area contributed by atoms with Crippen molar-refractivity contribution in [3.63, 3.8) is 0 Å². The number of aliphatic hydroxyl groups excluding tert-OH is 1. The molecule has 1 aromatic heterocycles. The fourth-order valence-corrected chi connectivity index (χ4v) is 2.19. The van der Waals surface area contributed by atoms with Crippen LogP contribution in [0, 0.1) is 13.0 Å². The molecule has 15 heavy (non-hydrogen) atoms. The lowest BCUT2D eigenvalue weighted by Gasteiger charge is -2.28. The largest absolute Gasteiger partial charge is 0.394 e. The number of ether oxygens (including phenoxy) is 1. The van der Waals surface area contributed by atoms with E-state index in [1.165, 1.54) is 0 Å². The minimum absolute atomic E-state index is 0.0210. The molecule has 2 atom stereocenters. The van der Waals surface area contributed by atoms with E-state index in [1.807, 2.05) is 18.7 Å². The Kier molecular flexibility index (Phi) is 3.07. The molecule has 1 radical (unpaired) electrons. The fourth-order valence-electron chi connectivity index (χ4n) is 2.19. The SMILES string of the molecule is Cc1[c]c(C2CCOC(CO)C2)n(C)n1. The molecular formula is C11H17N2O2. The predicted molar refractivity (Wildman–Crippen MR) is 55.6 cm³/mol. The molecule has 83 valence electrons. The summed E-state index contributed by atoms with van der Waals surface area (Å²) >= 11 is 0. The van der Waals surface area contributed by atoms with E-state index in [0.29, 0.717) is 12.5 Å². The van der Waals surface area contributed by atoms with Gasteiger partial charge < -0.3 is 9.84 Å². The molecule has 1 aliphatic rings. The molecule has 4 heteroatoms. The first kappa shape index (κ1) is 10.6. The first-order valence-corrected chi connectivity index (χ1v) is 5.36. The Labute approximate surface area is 89.9 Å². The summed E-state index contributed by atoms with van der Waals surface area (Å²) in [4.78, 5) is 0. The van der Waals surface area contributed by atoms with Crippen LogP contribution >= 0.6 is 0 Å². The van der Waals surface area contributed by atoms with Crippen molar-refractivity contribution in [1.29, 1.82) is 0 Å². The Balaban J connectivity index is 2.13. The normalized spacial score (nSPS) is 26.9. The van der Waals surface area contributed by atoms with Gasteiger partial charge in [-0.3, -0.25) is 4.68 Å². The molecule has 0 amide bonds. The highest BCUT2D eigenvalue weighted by Gasteiger charge is 2.25. The lowest BCUT2D eigenvalue weighted by atomic mass is 9.92. The Morgan fingerprint density at radius 2 is 2.47 bits per heavy atom. The van der Waals surface area contributed by atoms with E-state index in [-0.39, 0.29) is 12.7 Å². The second kappa shape index (κ2) is 4.33. The number of hydrogen-bond acceptors (Lipinski definition) is 3. The van der Waals surface area contributed by atoms with Crippen molar-refractivity contribution >= 4 is 0 Å². The lowest BCUT2D eigenvalue weighted by Crippen LogP contribution is -2.28. The standard InChI is InChI=1S/C11H17N2O2/c1-8-5-11(13(2)12-8)9-3-4-15-10(6-9)7-14/h9-10,14H,3-4,6-7H2,1-2H3. The van der Waals surface area contributed by atoms with Crippen molar-refractivity contribution < 1.29 is 9.84 Å². The van der Waals surface area contributed by atoms with Crippen molar-refractivity contribution in [2.45, 2.75) is 31.8 Å². The third-order valence-electron chi connectivity index (χ3n) is 2.92. The summed E-state index contributed by atoms with van der Waals surface area (Å²) < 4.78 is 7.32. The highest BCUT2D eigenvalue weighted by Crippen LogP contribution is 2.29. The number of rotatable bonds is 2. The molecule has 0 aromatic carbocycles. The molecule has 0 aliphatic carbocycles. The second-order valence-corrected chi connectivity index (χ2v) is 4.12. The molecule has 1 N–H and O–H groups in total. The minimum atomic E-state index is -0.0210. The van der Waals surface area contributed by atoms with E-state index in [0.717, 1.165) is 24.2 Å². The Morgan fingerprint density at radius 1 is 1.67 bits per heavy atom. The van der Waals surface area contributed by atoms with Crippen LogP contribution in [0.25, 0.3) is 0 Å². The van der Waals surface area contributed by atoms with Crippen molar-refractivity contribution in [1.82, 2.24) is 9.78 Å². The van der Waals surface area contributed by atoms with Gasteiger partial charge >= 0.3 is 0 Å². The highest BCUT2D eigenvalue weighted by molar-refractivity contribution is 5.12. The zero-order valence-corrected chi connectivity index (χ0v) is 9.23. The van der Waals surface area contributed by atoms with Crippen molar-refractivity contribution in [3.05, 3.63) is 17.5 Å². The van der Waals surface area contributed by atoms with E-state index in [2.05, 4.69) is 11.2 Å². The maximum Gasteiger partial charge on any atom is 0.0812 e. The average molecular weight is 209 g/mol. The number of aryl methyl sites for hydroxylation is 2. The third-order valence-corrected chi connectivity index (χ3v) is 2.92. The van der Waals surface area contributed by atoms with Crippen molar-refractivity contribution in [2.75, 3.05) is 13.2 Å². The average Bonchev–Trinajstić information content (AvgIpc) is 2.58. The van der Waals surface area contributed by atoms with Crippen LogP contribution in [0.3, 0.4) is 0 Å². The van der Waals surface area contributed by atoms with Gasteiger partial charge in [0.2, 0.25) is 0 Å². The zero-order chi connectivity index (χ0) is 10.8. The molecule has 1 fully saturated rings. The summed E-state index contributed by atoms with van der Waals surface area (Å²) in [5.74, 6) is 0.419. The first-order valence-electron chi connectivity index (χ1n) is 5.36. The van der Waals surface area contributed by atoms with Gasteiger partial charge in [-0.25, -0.2) is 0 Å². The maximum atomic E-state index is 9.07. The minimum Gasteiger partial charge on any atom is -0.394 e. The van der Waals surface area contributed by atoms with E-state index in [1.54, 1.807) is 0 Å². The number of aromatic nitrogens is 2. The molecule has 2 heterocycles. The molecule has 0 saturated carbocycles. The molecular weight excluding hydrogens is 192 g/mol. The Morgan fingerprint density at radius 3 is 3.07 bits per heavy atom. The van der Waals surface area contributed by atoms with Crippen LogP contribution in [0.2, 0.25) is 0 Å². The molecule has 1 aromatic rings. The third kappa shape index (κ3) is 2.21. The molecule has 2 unspecified atom stereocenters. The van der Waals surface area contributed by atoms with Crippen molar-refractivity contribution in [2.24, 2.45) is 7.05 Å². The van der Waals surface area contributed by atoms with Gasteiger partial charge in [0.15, 0.2) is 0 Å². The van der Waals surface area contributed by atoms with E-state index >= 15 is 0 Å². The van der Waals surface area contributed by atoms with Crippen molar-refractivity contribution in [3.8, 4) is 0 Å². The van der Waals surface area contributed by atoms with Gasteiger partial charge in [-0.15, -0.1) is 0 Å². The van der Waals surface area contributed by atoms with Crippen LogP contribution in [-0.4, -0.2) is 34.2 Å². The molecule has 0 spiro atoms. The van der Waals surface area contributed by atoms with E-state index in [9.17, 15) is 0 Å². The summed E-state index contributed by atoms with van der Waals surface area (Å²) in [6.07, 6.45) is 1.84. The second-order valence-electron chi connectivity index (χ2n) is 4.12. The molecule has 1 aliphatic heterocycles. The van der Waals surface area contributed by atoms with Gasteiger partial charge in [-0.05, 0) is 19.8 Å². The fraction of sp³-hybridized carbons (Fsp3) is 0.727. The molecule has 4 nitrogen and oxygen atoms in total. The van der Waals surface area contributed by atoms with Crippen LogP contribution in [0.1, 0.15) is 30.1 Å². The summed E-state index contributed by atoms with van der Waals surface area (Å²) in [5.41, 5.74) is 2.06. The van der Waals surface area contributed by atoms with Gasteiger partial charge in [0.25, 0.3) is 0 Å². The quantitative estimate of drug-likeness (QED) is 0.783. The Bertz CT molecular complexity index is 335. The maximum absolute atomic E-state index is 9.07. The van der Waals surface area contributed by atoms with Crippen LogP contribution in [0.4, 0.5) is 0 Å². The number of hydrogen-bond donors (Lipinski definition) is 1. The Hall–Kier alpha value is -0.870. The summed E-state index contributed by atoms with van der Waals surface area (Å²) in [6.45, 7) is 2.77. The van der Waals surface area contributed by atoms with Crippen LogP contribution in [0.5, 0.6) is 0 Å². The molecule has 0 bridgehead atoms. The highest BCUT2D eigenvalue weighted by atomic mass is 16.5. The number of aliphatic hydroxyl groups is 1. The summed E-state index contributed by atoms with van der Waals surface area (Å²) in [5, 5.41) is 13.4. The number of nitrogens with zero attached hydrogens (tertiary/aromatic N) is 2. The smallest absolute Gasteiger partial charge is 0.0812 e. The van der Waals surface area contributed by atoms with Crippen LogP contribution in [-0.2, 0) is 11.8 Å². The first-order chi connectivity index (χ1) is 7.20.